The Bertz CT molecular complexity index is 731. The molecule has 2 aromatic carbocycles. The molecule has 0 saturated carbocycles. The molecule has 1 unspecified atom stereocenters. The second kappa shape index (κ2) is 6.98. The molecular formula is C18H18N2O2S. The van der Waals surface area contributed by atoms with Crippen LogP contribution in [0, 0.1) is 6.92 Å². The molecule has 1 fully saturated rings. The van der Waals surface area contributed by atoms with Crippen molar-refractivity contribution in [3.63, 3.8) is 0 Å². The first-order valence-corrected chi connectivity index (χ1v) is 8.34. The van der Waals surface area contributed by atoms with E-state index in [1.165, 1.54) is 16.8 Å². The van der Waals surface area contributed by atoms with Gasteiger partial charge in [-0.15, -0.1) is 0 Å². The first-order chi connectivity index (χ1) is 11.1. The molecule has 23 heavy (non-hydrogen) atoms. The van der Waals surface area contributed by atoms with Gasteiger partial charge in [-0.05, 0) is 37.1 Å². The normalized spacial score (nSPS) is 19.6. The third kappa shape index (κ3) is 3.81. The van der Waals surface area contributed by atoms with Crippen LogP contribution in [0.15, 0.2) is 59.6 Å². The van der Waals surface area contributed by atoms with E-state index in [1.54, 1.807) is 0 Å². The van der Waals surface area contributed by atoms with Gasteiger partial charge in [-0.25, -0.2) is 4.99 Å². The molecule has 0 aliphatic carbocycles. The number of carbonyl (C=O) groups is 1. The topological polar surface area (TPSA) is 41.9 Å². The number of hydrogen-bond acceptors (Lipinski definition) is 4. The molecule has 0 aromatic heterocycles. The zero-order valence-electron chi connectivity index (χ0n) is 13.1. The minimum atomic E-state index is -0.186. The van der Waals surface area contributed by atoms with E-state index in [9.17, 15) is 4.79 Å². The summed E-state index contributed by atoms with van der Waals surface area (Å²) in [7, 11) is 0. The van der Waals surface area contributed by atoms with Gasteiger partial charge in [0.25, 0.3) is 5.91 Å². The second-order valence-corrected chi connectivity index (χ2v) is 6.69. The molecule has 0 radical (unpaired) electrons. The second-order valence-electron chi connectivity index (χ2n) is 5.39. The average Bonchev–Trinajstić information content (AvgIpc) is 2.81. The molecule has 118 valence electrons. The molecule has 3 rings (SSSR count). The summed E-state index contributed by atoms with van der Waals surface area (Å²) < 4.78 is 0. The van der Waals surface area contributed by atoms with Gasteiger partial charge in [-0.3, -0.25) is 9.63 Å². The number of amidine groups is 1. The fourth-order valence-electron chi connectivity index (χ4n) is 2.23. The predicted molar refractivity (Wildman–Crippen MR) is 93.4 cm³/mol. The lowest BCUT2D eigenvalue weighted by Crippen LogP contribution is -2.31. The summed E-state index contributed by atoms with van der Waals surface area (Å²) >= 11 is 1.42. The number of aryl methyl sites for hydroxylation is 1. The lowest BCUT2D eigenvalue weighted by atomic mass is 10.2. The highest BCUT2D eigenvalue weighted by molar-refractivity contribution is 8.15. The molecule has 1 heterocycles. The first kappa shape index (κ1) is 15.8. The Balaban J connectivity index is 1.79. The van der Waals surface area contributed by atoms with Crippen molar-refractivity contribution in [1.82, 2.24) is 5.06 Å². The fourth-order valence-corrected chi connectivity index (χ4v) is 3.14. The van der Waals surface area contributed by atoms with Crippen molar-refractivity contribution < 1.29 is 9.63 Å². The van der Waals surface area contributed by atoms with Crippen molar-refractivity contribution in [2.24, 2.45) is 4.99 Å². The van der Waals surface area contributed by atoms with Crippen molar-refractivity contribution in [3.8, 4) is 0 Å². The van der Waals surface area contributed by atoms with Gasteiger partial charge < -0.3 is 0 Å². The molecule has 1 saturated heterocycles. The Morgan fingerprint density at radius 2 is 1.96 bits per heavy atom. The van der Waals surface area contributed by atoms with E-state index in [0.29, 0.717) is 11.8 Å². The van der Waals surface area contributed by atoms with Gasteiger partial charge in [0, 0.05) is 0 Å². The Hall–Kier alpha value is -2.11. The standard InChI is InChI=1S/C18H18N2O2S/c1-13-7-6-10-16(11-13)19-18-20(17(21)14(2)23-18)22-12-15-8-4-3-5-9-15/h3-11,14H,12H2,1-2H3. The molecule has 1 aliphatic rings. The van der Waals surface area contributed by atoms with Crippen molar-refractivity contribution >= 4 is 28.5 Å². The zero-order valence-corrected chi connectivity index (χ0v) is 13.9. The SMILES string of the molecule is Cc1cccc(N=C2SC(C)C(=O)N2OCc2ccccc2)c1. The minimum absolute atomic E-state index is 0.0719. The summed E-state index contributed by atoms with van der Waals surface area (Å²) in [4.78, 5) is 22.6. The van der Waals surface area contributed by atoms with Gasteiger partial charge in [0.05, 0.1) is 10.9 Å². The van der Waals surface area contributed by atoms with Crippen LogP contribution in [0.2, 0.25) is 0 Å². The molecule has 1 aliphatic heterocycles. The molecule has 4 nitrogen and oxygen atoms in total. The smallest absolute Gasteiger partial charge is 0.266 e. The average molecular weight is 326 g/mol. The minimum Gasteiger partial charge on any atom is -0.271 e. The van der Waals surface area contributed by atoms with Crippen LogP contribution in [-0.2, 0) is 16.2 Å². The molecule has 0 spiro atoms. The molecule has 2 aromatic rings. The third-order valence-corrected chi connectivity index (χ3v) is 4.46. The zero-order chi connectivity index (χ0) is 16.2. The van der Waals surface area contributed by atoms with Gasteiger partial charge in [-0.2, -0.15) is 5.06 Å². The lowest BCUT2D eigenvalue weighted by Gasteiger charge is -2.15. The molecule has 5 heteroatoms. The molecule has 0 N–H and O–H groups in total. The van der Waals surface area contributed by atoms with Crippen molar-refractivity contribution in [2.45, 2.75) is 25.7 Å². The summed E-state index contributed by atoms with van der Waals surface area (Å²) in [5, 5.41) is 1.73. The summed E-state index contributed by atoms with van der Waals surface area (Å²) in [6.45, 7) is 4.22. The molecular weight excluding hydrogens is 308 g/mol. The maximum absolute atomic E-state index is 12.3. The quantitative estimate of drug-likeness (QED) is 0.850. The Kier molecular flexibility index (Phi) is 4.79. The number of nitrogens with zero attached hydrogens (tertiary/aromatic N) is 2. The van der Waals surface area contributed by atoms with Crippen LogP contribution in [0.3, 0.4) is 0 Å². The lowest BCUT2D eigenvalue weighted by molar-refractivity contribution is -0.163. The van der Waals surface area contributed by atoms with Gasteiger partial charge in [0.2, 0.25) is 0 Å². The van der Waals surface area contributed by atoms with Crippen LogP contribution in [-0.4, -0.2) is 21.4 Å². The van der Waals surface area contributed by atoms with E-state index >= 15 is 0 Å². The third-order valence-electron chi connectivity index (χ3n) is 3.43. The van der Waals surface area contributed by atoms with Crippen molar-refractivity contribution in [2.75, 3.05) is 0 Å². The number of hydrogen-bond donors (Lipinski definition) is 0. The van der Waals surface area contributed by atoms with Crippen LogP contribution in [0.4, 0.5) is 5.69 Å². The number of hydroxylamine groups is 2. The first-order valence-electron chi connectivity index (χ1n) is 7.46. The largest absolute Gasteiger partial charge is 0.271 e. The maximum atomic E-state index is 12.3. The summed E-state index contributed by atoms with van der Waals surface area (Å²) in [5.41, 5.74) is 2.97. The predicted octanol–water partition coefficient (Wildman–Crippen LogP) is 4.08. The Labute approximate surface area is 140 Å². The summed E-state index contributed by atoms with van der Waals surface area (Å²) in [5.74, 6) is -0.0719. The van der Waals surface area contributed by atoms with E-state index < -0.39 is 0 Å². The van der Waals surface area contributed by atoms with Gasteiger partial charge in [0.15, 0.2) is 5.17 Å². The molecule has 0 bridgehead atoms. The van der Waals surface area contributed by atoms with E-state index in [0.717, 1.165) is 16.8 Å². The highest BCUT2D eigenvalue weighted by atomic mass is 32.2. The van der Waals surface area contributed by atoms with Gasteiger partial charge in [0.1, 0.15) is 6.61 Å². The van der Waals surface area contributed by atoms with Crippen LogP contribution < -0.4 is 0 Å². The maximum Gasteiger partial charge on any atom is 0.266 e. The molecule has 1 amide bonds. The summed E-state index contributed by atoms with van der Waals surface area (Å²) in [6, 6.07) is 17.7. The van der Waals surface area contributed by atoms with Gasteiger partial charge in [-0.1, -0.05) is 54.2 Å². The van der Waals surface area contributed by atoms with E-state index in [4.69, 9.17) is 4.84 Å². The van der Waals surface area contributed by atoms with Crippen LogP contribution in [0.25, 0.3) is 0 Å². The monoisotopic (exact) mass is 326 g/mol. The fraction of sp³-hybridized carbons (Fsp3) is 0.222. The van der Waals surface area contributed by atoms with Crippen LogP contribution >= 0.6 is 11.8 Å². The Morgan fingerprint density at radius 1 is 1.17 bits per heavy atom. The number of aliphatic imine (C=N–C) groups is 1. The van der Waals surface area contributed by atoms with Gasteiger partial charge >= 0.3 is 0 Å². The van der Waals surface area contributed by atoms with Crippen molar-refractivity contribution in [3.05, 3.63) is 65.7 Å². The highest BCUT2D eigenvalue weighted by Gasteiger charge is 2.36. The number of rotatable bonds is 4. The van der Waals surface area contributed by atoms with Crippen LogP contribution in [0.5, 0.6) is 0 Å². The number of amides is 1. The van der Waals surface area contributed by atoms with Crippen LogP contribution in [0.1, 0.15) is 18.1 Å². The number of thioether (sulfide) groups is 1. The Morgan fingerprint density at radius 3 is 2.70 bits per heavy atom. The highest BCUT2D eigenvalue weighted by Crippen LogP contribution is 2.30. The summed E-state index contributed by atoms with van der Waals surface area (Å²) in [6.07, 6.45) is 0. The van der Waals surface area contributed by atoms with E-state index in [1.807, 2.05) is 68.4 Å². The number of benzene rings is 2. The van der Waals surface area contributed by atoms with E-state index in [2.05, 4.69) is 4.99 Å². The molecule has 1 atom stereocenters. The van der Waals surface area contributed by atoms with Crippen molar-refractivity contribution in [1.29, 1.82) is 0 Å². The van der Waals surface area contributed by atoms with E-state index in [-0.39, 0.29) is 11.2 Å². The number of carbonyl (C=O) groups excluding carboxylic acids is 1.